The van der Waals surface area contributed by atoms with E-state index >= 15 is 0 Å². The van der Waals surface area contributed by atoms with Crippen molar-refractivity contribution >= 4 is 0 Å². The maximum atomic E-state index is 5.47. The topological polar surface area (TPSA) is 21.3 Å². The average Bonchev–Trinajstić information content (AvgIpc) is 2.31. The molecule has 2 fully saturated rings. The summed E-state index contributed by atoms with van der Waals surface area (Å²) >= 11 is 0. The Morgan fingerprint density at radius 3 is 2.44 bits per heavy atom. The van der Waals surface area contributed by atoms with Gasteiger partial charge in [0, 0.05) is 19.8 Å². The van der Waals surface area contributed by atoms with Crippen LogP contribution in [-0.4, -0.2) is 26.8 Å². The van der Waals surface area contributed by atoms with E-state index in [0.29, 0.717) is 5.41 Å². The molecule has 2 heteroatoms. The molecule has 0 aromatic heterocycles. The third-order valence-corrected chi connectivity index (χ3v) is 4.53. The summed E-state index contributed by atoms with van der Waals surface area (Å²) in [5.74, 6) is 0.931. The predicted octanol–water partition coefficient (Wildman–Crippen LogP) is 2.97. The summed E-state index contributed by atoms with van der Waals surface area (Å²) in [7, 11) is 2.11. The lowest BCUT2D eigenvalue weighted by Crippen LogP contribution is -2.37. The van der Waals surface area contributed by atoms with Gasteiger partial charge in [0.05, 0.1) is 0 Å². The summed E-state index contributed by atoms with van der Waals surface area (Å²) in [5, 5.41) is 3.44. The largest absolute Gasteiger partial charge is 0.381 e. The van der Waals surface area contributed by atoms with Crippen LogP contribution in [0.3, 0.4) is 0 Å². The number of ether oxygens (including phenoxy) is 1. The van der Waals surface area contributed by atoms with Crippen LogP contribution in [0.25, 0.3) is 0 Å². The minimum Gasteiger partial charge on any atom is -0.381 e. The zero-order chi connectivity index (χ0) is 11.3. The second-order valence-corrected chi connectivity index (χ2v) is 5.85. The van der Waals surface area contributed by atoms with Gasteiger partial charge in [0.2, 0.25) is 0 Å². The number of hydrogen-bond acceptors (Lipinski definition) is 2. The van der Waals surface area contributed by atoms with Crippen molar-refractivity contribution in [3.63, 3.8) is 0 Å². The molecular formula is C14H27NO. The fourth-order valence-corrected chi connectivity index (χ4v) is 3.69. The Labute approximate surface area is 100 Å². The minimum atomic E-state index is 0.620. The molecule has 1 aliphatic heterocycles. The standard InChI is InChI=1S/C14H27NO/c1-15-12-14(7-3-2-4-8-14)11-13-5-9-16-10-6-13/h13,15H,2-12H2,1H3. The number of rotatable bonds is 4. The lowest BCUT2D eigenvalue weighted by Gasteiger charge is -2.40. The highest BCUT2D eigenvalue weighted by Crippen LogP contribution is 2.42. The Hall–Kier alpha value is -0.0800. The van der Waals surface area contributed by atoms with Crippen molar-refractivity contribution < 1.29 is 4.74 Å². The molecule has 1 aliphatic carbocycles. The molecule has 1 N–H and O–H groups in total. The molecule has 0 spiro atoms. The van der Waals surface area contributed by atoms with Gasteiger partial charge in [0.25, 0.3) is 0 Å². The van der Waals surface area contributed by atoms with Crippen molar-refractivity contribution in [2.24, 2.45) is 11.3 Å². The lowest BCUT2D eigenvalue weighted by atomic mass is 9.68. The van der Waals surface area contributed by atoms with Crippen LogP contribution >= 0.6 is 0 Å². The monoisotopic (exact) mass is 225 g/mol. The summed E-state index contributed by atoms with van der Waals surface area (Å²) < 4.78 is 5.47. The average molecular weight is 225 g/mol. The first-order chi connectivity index (χ1) is 7.85. The predicted molar refractivity (Wildman–Crippen MR) is 67.6 cm³/mol. The molecule has 1 saturated heterocycles. The van der Waals surface area contributed by atoms with Crippen LogP contribution in [-0.2, 0) is 4.74 Å². The number of hydrogen-bond donors (Lipinski definition) is 1. The van der Waals surface area contributed by atoms with Gasteiger partial charge in [-0.25, -0.2) is 0 Å². The Morgan fingerprint density at radius 1 is 1.12 bits per heavy atom. The highest BCUT2D eigenvalue weighted by Gasteiger charge is 2.34. The van der Waals surface area contributed by atoms with Crippen LogP contribution in [0.1, 0.15) is 51.4 Å². The zero-order valence-corrected chi connectivity index (χ0v) is 10.8. The van der Waals surface area contributed by atoms with E-state index in [2.05, 4.69) is 12.4 Å². The summed E-state index contributed by atoms with van der Waals surface area (Å²) in [6.45, 7) is 3.23. The highest BCUT2D eigenvalue weighted by atomic mass is 16.5. The Kier molecular flexibility index (Phi) is 4.66. The second-order valence-electron chi connectivity index (χ2n) is 5.85. The summed E-state index contributed by atoms with van der Waals surface area (Å²) in [5.41, 5.74) is 0.620. The molecule has 0 atom stereocenters. The van der Waals surface area contributed by atoms with Gasteiger partial charge in [-0.15, -0.1) is 0 Å². The van der Waals surface area contributed by atoms with Crippen molar-refractivity contribution in [1.82, 2.24) is 5.32 Å². The molecule has 0 aromatic rings. The first kappa shape index (κ1) is 12.4. The minimum absolute atomic E-state index is 0.620. The molecule has 2 rings (SSSR count). The quantitative estimate of drug-likeness (QED) is 0.794. The van der Waals surface area contributed by atoms with E-state index in [1.165, 1.54) is 57.9 Å². The SMILES string of the molecule is CNCC1(CC2CCOCC2)CCCCC1. The molecular weight excluding hydrogens is 198 g/mol. The lowest BCUT2D eigenvalue weighted by molar-refractivity contribution is 0.0379. The molecule has 1 heterocycles. The van der Waals surface area contributed by atoms with Gasteiger partial charge >= 0.3 is 0 Å². The third-order valence-electron chi connectivity index (χ3n) is 4.53. The van der Waals surface area contributed by atoms with Crippen LogP contribution in [0.15, 0.2) is 0 Å². The van der Waals surface area contributed by atoms with E-state index in [0.717, 1.165) is 19.1 Å². The Balaban J connectivity index is 1.89. The molecule has 2 aliphatic rings. The fraction of sp³-hybridized carbons (Fsp3) is 1.00. The summed E-state index contributed by atoms with van der Waals surface area (Å²) in [6, 6.07) is 0. The first-order valence-electron chi connectivity index (χ1n) is 7.07. The number of nitrogens with one attached hydrogen (secondary N) is 1. The Morgan fingerprint density at radius 2 is 1.81 bits per heavy atom. The molecule has 0 amide bonds. The van der Waals surface area contributed by atoms with Crippen molar-refractivity contribution in [2.45, 2.75) is 51.4 Å². The van der Waals surface area contributed by atoms with Gasteiger partial charge in [-0.2, -0.15) is 0 Å². The van der Waals surface area contributed by atoms with Crippen LogP contribution in [0.4, 0.5) is 0 Å². The van der Waals surface area contributed by atoms with Crippen molar-refractivity contribution in [3.8, 4) is 0 Å². The first-order valence-corrected chi connectivity index (χ1v) is 7.07. The molecule has 2 nitrogen and oxygen atoms in total. The molecule has 1 saturated carbocycles. The normalized spacial score (nSPS) is 26.8. The second kappa shape index (κ2) is 6.02. The van der Waals surface area contributed by atoms with Crippen molar-refractivity contribution in [2.75, 3.05) is 26.8 Å². The van der Waals surface area contributed by atoms with Crippen LogP contribution < -0.4 is 5.32 Å². The van der Waals surface area contributed by atoms with Crippen LogP contribution in [0.2, 0.25) is 0 Å². The molecule has 0 radical (unpaired) electrons. The Bertz CT molecular complexity index is 187. The highest BCUT2D eigenvalue weighted by molar-refractivity contribution is 4.87. The van der Waals surface area contributed by atoms with Gasteiger partial charge in [0.15, 0.2) is 0 Å². The van der Waals surface area contributed by atoms with Crippen molar-refractivity contribution in [3.05, 3.63) is 0 Å². The van der Waals surface area contributed by atoms with E-state index in [9.17, 15) is 0 Å². The van der Waals surface area contributed by atoms with E-state index in [-0.39, 0.29) is 0 Å². The van der Waals surface area contributed by atoms with E-state index < -0.39 is 0 Å². The molecule has 0 unspecified atom stereocenters. The van der Waals surface area contributed by atoms with Gasteiger partial charge < -0.3 is 10.1 Å². The van der Waals surface area contributed by atoms with E-state index in [1.807, 2.05) is 0 Å². The molecule has 0 aromatic carbocycles. The van der Waals surface area contributed by atoms with Gasteiger partial charge in [-0.1, -0.05) is 19.3 Å². The van der Waals surface area contributed by atoms with E-state index in [1.54, 1.807) is 0 Å². The molecule has 0 bridgehead atoms. The zero-order valence-electron chi connectivity index (χ0n) is 10.8. The van der Waals surface area contributed by atoms with Crippen molar-refractivity contribution in [1.29, 1.82) is 0 Å². The fourth-order valence-electron chi connectivity index (χ4n) is 3.69. The van der Waals surface area contributed by atoms with Crippen LogP contribution in [0, 0.1) is 11.3 Å². The van der Waals surface area contributed by atoms with Gasteiger partial charge in [0.1, 0.15) is 0 Å². The maximum absolute atomic E-state index is 5.47. The van der Waals surface area contributed by atoms with Gasteiger partial charge in [-0.3, -0.25) is 0 Å². The molecule has 16 heavy (non-hydrogen) atoms. The maximum Gasteiger partial charge on any atom is 0.0468 e. The summed E-state index contributed by atoms with van der Waals surface area (Å²) in [6.07, 6.45) is 11.3. The van der Waals surface area contributed by atoms with Crippen LogP contribution in [0.5, 0.6) is 0 Å². The van der Waals surface area contributed by atoms with E-state index in [4.69, 9.17) is 4.74 Å². The summed E-state index contributed by atoms with van der Waals surface area (Å²) in [4.78, 5) is 0. The van der Waals surface area contributed by atoms with Gasteiger partial charge in [-0.05, 0) is 50.5 Å². The third kappa shape index (κ3) is 3.21. The molecule has 94 valence electrons. The smallest absolute Gasteiger partial charge is 0.0468 e.